The van der Waals surface area contributed by atoms with Crippen molar-refractivity contribution in [3.05, 3.63) is 52.5 Å². The van der Waals surface area contributed by atoms with Crippen LogP contribution < -0.4 is 4.74 Å². The van der Waals surface area contributed by atoms with E-state index in [2.05, 4.69) is 16.8 Å². The zero-order valence-electron chi connectivity index (χ0n) is 10.5. The Hall–Kier alpha value is -1.59. The van der Waals surface area contributed by atoms with Gasteiger partial charge in [-0.05, 0) is 37.3 Å². The molecule has 0 radical (unpaired) electrons. The van der Waals surface area contributed by atoms with Gasteiger partial charge in [-0.1, -0.05) is 23.7 Å². The first kappa shape index (κ1) is 13.8. The van der Waals surface area contributed by atoms with E-state index in [-0.39, 0.29) is 6.10 Å². The molecule has 6 heteroatoms. The van der Waals surface area contributed by atoms with Crippen LogP contribution in [0.5, 0.6) is 5.75 Å². The third-order valence-electron chi connectivity index (χ3n) is 2.57. The molecule has 1 aromatic heterocycles. The molecule has 0 aliphatic carbocycles. The van der Waals surface area contributed by atoms with Gasteiger partial charge in [0.1, 0.15) is 5.75 Å². The Morgan fingerprint density at radius 3 is 3.11 bits per heavy atom. The maximum absolute atomic E-state index is 5.92. The number of benzene rings is 1. The Bertz CT molecular complexity index is 635. The minimum atomic E-state index is -0.244. The van der Waals surface area contributed by atoms with Crippen molar-refractivity contribution < 1.29 is 4.74 Å². The minimum absolute atomic E-state index is 0.244. The van der Waals surface area contributed by atoms with E-state index in [9.17, 15) is 0 Å². The van der Waals surface area contributed by atoms with E-state index in [1.807, 2.05) is 23.6 Å². The summed E-state index contributed by atoms with van der Waals surface area (Å²) in [6.07, 6.45) is 1.52. The van der Waals surface area contributed by atoms with Gasteiger partial charge in [-0.3, -0.25) is 9.67 Å². The summed E-state index contributed by atoms with van der Waals surface area (Å²) in [4.78, 5) is 0. The summed E-state index contributed by atoms with van der Waals surface area (Å²) < 4.78 is 8.21. The lowest BCUT2D eigenvalue weighted by molar-refractivity contribution is 0.211. The second kappa shape index (κ2) is 6.04. The topological polar surface area (TPSA) is 42.8 Å². The van der Waals surface area contributed by atoms with Gasteiger partial charge in [0, 0.05) is 11.6 Å². The number of nitrogens with zero attached hydrogens (tertiary/aromatic N) is 2. The fraction of sp³-hybridized carbons (Fsp3) is 0.231. The Balaban J connectivity index is 2.22. The monoisotopic (exact) mass is 295 g/mol. The van der Waals surface area contributed by atoms with Crippen LogP contribution in [0.2, 0.25) is 5.02 Å². The van der Waals surface area contributed by atoms with Crippen LogP contribution in [-0.4, -0.2) is 14.8 Å². The van der Waals surface area contributed by atoms with Crippen LogP contribution in [0.15, 0.2) is 36.9 Å². The molecule has 0 amide bonds. The Labute approximate surface area is 121 Å². The van der Waals surface area contributed by atoms with E-state index in [0.717, 1.165) is 5.82 Å². The molecule has 0 aliphatic heterocycles. The Morgan fingerprint density at radius 2 is 2.42 bits per heavy atom. The minimum Gasteiger partial charge on any atom is -0.483 e. The van der Waals surface area contributed by atoms with Gasteiger partial charge in [0.15, 0.2) is 16.7 Å². The van der Waals surface area contributed by atoms with Crippen LogP contribution in [0.4, 0.5) is 0 Å². The molecule has 0 bridgehead atoms. The molecule has 19 heavy (non-hydrogen) atoms. The second-order valence-electron chi connectivity index (χ2n) is 4.00. The van der Waals surface area contributed by atoms with Gasteiger partial charge in [0.05, 0.1) is 0 Å². The number of hydrogen-bond acceptors (Lipinski definition) is 3. The highest BCUT2D eigenvalue weighted by Crippen LogP contribution is 2.23. The summed E-state index contributed by atoms with van der Waals surface area (Å²) in [7, 11) is 0. The number of rotatable bonds is 5. The van der Waals surface area contributed by atoms with E-state index in [1.54, 1.807) is 18.2 Å². The molecule has 1 heterocycles. The Kier molecular flexibility index (Phi) is 4.39. The molecule has 1 N–H and O–H groups in total. The zero-order valence-corrected chi connectivity index (χ0v) is 12.0. The SMILES string of the molecule is C=CCn1c([C@@H](C)Oc2cccc(Cl)c2)n[nH]c1=S. The first-order chi connectivity index (χ1) is 9.11. The summed E-state index contributed by atoms with van der Waals surface area (Å²) in [5.41, 5.74) is 0. The molecule has 2 aromatic rings. The van der Waals surface area contributed by atoms with Crippen molar-refractivity contribution in [2.24, 2.45) is 0 Å². The van der Waals surface area contributed by atoms with Crippen molar-refractivity contribution in [3.63, 3.8) is 0 Å². The number of allylic oxidation sites excluding steroid dienone is 1. The molecule has 100 valence electrons. The van der Waals surface area contributed by atoms with Gasteiger partial charge in [0.25, 0.3) is 0 Å². The lowest BCUT2D eigenvalue weighted by Crippen LogP contribution is -2.11. The van der Waals surface area contributed by atoms with Crippen LogP contribution in [-0.2, 0) is 6.54 Å². The van der Waals surface area contributed by atoms with Gasteiger partial charge < -0.3 is 4.74 Å². The van der Waals surface area contributed by atoms with Crippen molar-refractivity contribution in [2.45, 2.75) is 19.6 Å². The number of nitrogens with one attached hydrogen (secondary N) is 1. The number of halogens is 1. The largest absolute Gasteiger partial charge is 0.483 e. The van der Waals surface area contributed by atoms with E-state index < -0.39 is 0 Å². The smallest absolute Gasteiger partial charge is 0.195 e. The predicted molar refractivity (Wildman–Crippen MR) is 78.1 cm³/mol. The van der Waals surface area contributed by atoms with Gasteiger partial charge in [-0.25, -0.2) is 0 Å². The third kappa shape index (κ3) is 3.24. The second-order valence-corrected chi connectivity index (χ2v) is 4.83. The summed E-state index contributed by atoms with van der Waals surface area (Å²) in [6.45, 7) is 6.21. The normalized spacial score (nSPS) is 12.1. The number of H-pyrrole nitrogens is 1. The van der Waals surface area contributed by atoms with Crippen LogP contribution in [0.1, 0.15) is 18.9 Å². The van der Waals surface area contributed by atoms with E-state index in [0.29, 0.717) is 22.1 Å². The summed E-state index contributed by atoms with van der Waals surface area (Å²) in [5, 5.41) is 7.59. The lowest BCUT2D eigenvalue weighted by atomic mass is 10.3. The number of aromatic amines is 1. The first-order valence-corrected chi connectivity index (χ1v) is 6.58. The zero-order chi connectivity index (χ0) is 13.8. The van der Waals surface area contributed by atoms with Crippen molar-refractivity contribution in [2.75, 3.05) is 0 Å². The van der Waals surface area contributed by atoms with Gasteiger partial charge in [-0.2, -0.15) is 5.10 Å². The predicted octanol–water partition coefficient (Wildman–Crippen LogP) is 3.92. The van der Waals surface area contributed by atoms with E-state index in [1.165, 1.54) is 0 Å². The maximum atomic E-state index is 5.92. The van der Waals surface area contributed by atoms with Crippen LogP contribution in [0.3, 0.4) is 0 Å². The van der Waals surface area contributed by atoms with E-state index in [4.69, 9.17) is 28.6 Å². The molecule has 2 rings (SSSR count). The van der Waals surface area contributed by atoms with Crippen molar-refractivity contribution in [1.82, 2.24) is 14.8 Å². The highest BCUT2D eigenvalue weighted by Gasteiger charge is 2.15. The molecule has 0 aliphatic rings. The lowest BCUT2D eigenvalue weighted by Gasteiger charge is -2.14. The molecule has 0 spiro atoms. The van der Waals surface area contributed by atoms with Gasteiger partial charge in [-0.15, -0.1) is 6.58 Å². The molecule has 0 saturated heterocycles. The Morgan fingerprint density at radius 1 is 1.63 bits per heavy atom. The molecular weight excluding hydrogens is 282 g/mol. The number of ether oxygens (including phenoxy) is 1. The van der Waals surface area contributed by atoms with Crippen molar-refractivity contribution in [3.8, 4) is 5.75 Å². The van der Waals surface area contributed by atoms with Crippen LogP contribution >= 0.6 is 23.8 Å². The molecule has 0 saturated carbocycles. The van der Waals surface area contributed by atoms with Crippen LogP contribution in [0.25, 0.3) is 0 Å². The molecule has 0 fully saturated rings. The molecular formula is C13H14ClN3OS. The quantitative estimate of drug-likeness (QED) is 0.671. The third-order valence-corrected chi connectivity index (χ3v) is 3.12. The average Bonchev–Trinajstić information content (AvgIpc) is 2.72. The van der Waals surface area contributed by atoms with Crippen molar-refractivity contribution >= 4 is 23.8 Å². The standard InChI is InChI=1S/C13H14ClN3OS/c1-3-7-17-12(15-16-13(17)19)9(2)18-11-6-4-5-10(14)8-11/h3-6,8-9H,1,7H2,2H3,(H,16,19)/t9-/m1/s1. The van der Waals surface area contributed by atoms with E-state index >= 15 is 0 Å². The summed E-state index contributed by atoms with van der Waals surface area (Å²) in [5.74, 6) is 1.42. The fourth-order valence-corrected chi connectivity index (χ4v) is 2.14. The van der Waals surface area contributed by atoms with Crippen LogP contribution in [0, 0.1) is 4.77 Å². The van der Waals surface area contributed by atoms with Gasteiger partial charge >= 0.3 is 0 Å². The maximum Gasteiger partial charge on any atom is 0.195 e. The average molecular weight is 296 g/mol. The highest BCUT2D eigenvalue weighted by molar-refractivity contribution is 7.71. The summed E-state index contributed by atoms with van der Waals surface area (Å²) in [6, 6.07) is 7.25. The molecule has 1 aromatic carbocycles. The van der Waals surface area contributed by atoms with Crippen molar-refractivity contribution in [1.29, 1.82) is 0 Å². The summed E-state index contributed by atoms with van der Waals surface area (Å²) >= 11 is 11.1. The first-order valence-electron chi connectivity index (χ1n) is 5.80. The number of hydrogen-bond donors (Lipinski definition) is 1. The highest BCUT2D eigenvalue weighted by atomic mass is 35.5. The fourth-order valence-electron chi connectivity index (χ4n) is 1.74. The molecule has 1 atom stereocenters. The van der Waals surface area contributed by atoms with Gasteiger partial charge in [0.2, 0.25) is 0 Å². The number of aromatic nitrogens is 3. The molecule has 0 unspecified atom stereocenters. The molecule has 4 nitrogen and oxygen atoms in total.